The van der Waals surface area contributed by atoms with Gasteiger partial charge in [-0.2, -0.15) is 0 Å². The Labute approximate surface area is 79.8 Å². The summed E-state index contributed by atoms with van der Waals surface area (Å²) < 4.78 is 39.4. The molecule has 1 nitrogen and oxygen atoms in total. The lowest BCUT2D eigenvalue weighted by molar-refractivity contribution is -0.274. The fourth-order valence-electron chi connectivity index (χ4n) is 1.09. The second-order valence-electron chi connectivity index (χ2n) is 2.83. The smallest absolute Gasteiger partial charge is 0.406 e. The van der Waals surface area contributed by atoms with Crippen LogP contribution < -0.4 is 4.74 Å². The van der Waals surface area contributed by atoms with Gasteiger partial charge in [0.2, 0.25) is 0 Å². The van der Waals surface area contributed by atoms with Crippen molar-refractivity contribution >= 4 is 6.08 Å². The normalized spacial score (nSPS) is 11.1. The highest BCUT2D eigenvalue weighted by Gasteiger charge is 2.31. The van der Waals surface area contributed by atoms with Gasteiger partial charge in [-0.15, -0.1) is 13.2 Å². The van der Waals surface area contributed by atoms with E-state index >= 15 is 0 Å². The number of aryl methyl sites for hydroxylation is 1. The Kier molecular flexibility index (Phi) is 2.84. The van der Waals surface area contributed by atoms with Gasteiger partial charge in [-0.1, -0.05) is 18.7 Å². The van der Waals surface area contributed by atoms with Gasteiger partial charge in [0.05, 0.1) is 0 Å². The van der Waals surface area contributed by atoms with Gasteiger partial charge >= 0.3 is 6.36 Å². The van der Waals surface area contributed by atoms with Gasteiger partial charge in [0, 0.05) is 0 Å². The Bertz CT molecular complexity index is 342. The van der Waals surface area contributed by atoms with E-state index in [1.807, 2.05) is 0 Å². The number of rotatable bonds is 2. The van der Waals surface area contributed by atoms with E-state index in [0.29, 0.717) is 11.1 Å². The zero-order valence-electron chi connectivity index (χ0n) is 7.56. The van der Waals surface area contributed by atoms with Crippen molar-refractivity contribution < 1.29 is 17.9 Å². The highest BCUT2D eigenvalue weighted by Crippen LogP contribution is 2.25. The number of benzene rings is 1. The number of ether oxygens (including phenoxy) is 1. The van der Waals surface area contributed by atoms with Crippen molar-refractivity contribution in [2.75, 3.05) is 0 Å². The molecule has 1 aromatic rings. The maximum atomic E-state index is 11.9. The summed E-state index contributed by atoms with van der Waals surface area (Å²) in [5.41, 5.74) is 1.30. The minimum atomic E-state index is -4.65. The molecular weight excluding hydrogens is 193 g/mol. The van der Waals surface area contributed by atoms with Crippen molar-refractivity contribution in [1.82, 2.24) is 0 Å². The molecule has 0 unspecified atom stereocenters. The van der Waals surface area contributed by atoms with E-state index in [1.165, 1.54) is 18.2 Å². The van der Waals surface area contributed by atoms with Crippen LogP contribution in [0.1, 0.15) is 11.1 Å². The molecule has 0 spiro atoms. The monoisotopic (exact) mass is 202 g/mol. The molecule has 0 saturated carbocycles. The van der Waals surface area contributed by atoms with Crippen molar-refractivity contribution in [1.29, 1.82) is 0 Å². The van der Waals surface area contributed by atoms with Crippen LogP contribution in [0, 0.1) is 6.92 Å². The van der Waals surface area contributed by atoms with Crippen molar-refractivity contribution in [2.24, 2.45) is 0 Å². The number of hydrogen-bond donors (Lipinski definition) is 0. The molecule has 4 heteroatoms. The van der Waals surface area contributed by atoms with E-state index in [1.54, 1.807) is 13.0 Å². The zero-order valence-corrected chi connectivity index (χ0v) is 7.56. The molecule has 0 aliphatic heterocycles. The number of alkyl halides is 3. The van der Waals surface area contributed by atoms with Gasteiger partial charge in [-0.3, -0.25) is 0 Å². The zero-order chi connectivity index (χ0) is 10.8. The van der Waals surface area contributed by atoms with Crippen LogP contribution in [0.5, 0.6) is 5.75 Å². The summed E-state index contributed by atoms with van der Waals surface area (Å²) in [4.78, 5) is 0. The van der Waals surface area contributed by atoms with Gasteiger partial charge in [-0.05, 0) is 30.2 Å². The van der Waals surface area contributed by atoms with Crippen LogP contribution in [0.3, 0.4) is 0 Å². The third-order valence-corrected chi connectivity index (χ3v) is 1.54. The van der Waals surface area contributed by atoms with Crippen molar-refractivity contribution in [3.05, 3.63) is 35.9 Å². The largest absolute Gasteiger partial charge is 0.573 e. The molecular formula is C10H9F3O. The Balaban J connectivity index is 2.98. The van der Waals surface area contributed by atoms with Crippen LogP contribution >= 0.6 is 0 Å². The summed E-state index contributed by atoms with van der Waals surface area (Å²) in [5, 5.41) is 0. The molecule has 0 fully saturated rings. The van der Waals surface area contributed by atoms with E-state index in [-0.39, 0.29) is 5.75 Å². The third kappa shape index (κ3) is 3.12. The molecule has 0 atom stereocenters. The van der Waals surface area contributed by atoms with E-state index in [2.05, 4.69) is 11.3 Å². The van der Waals surface area contributed by atoms with Crippen LogP contribution in [0.25, 0.3) is 6.08 Å². The first kappa shape index (κ1) is 10.6. The topological polar surface area (TPSA) is 9.23 Å². The molecule has 0 heterocycles. The summed E-state index contributed by atoms with van der Waals surface area (Å²) in [5.74, 6) is -0.215. The van der Waals surface area contributed by atoms with Crippen LogP contribution in [0.2, 0.25) is 0 Å². The Morgan fingerprint density at radius 1 is 1.29 bits per heavy atom. The first-order valence-electron chi connectivity index (χ1n) is 3.90. The molecule has 76 valence electrons. The molecule has 0 bridgehead atoms. The predicted molar refractivity (Wildman–Crippen MR) is 48.0 cm³/mol. The second kappa shape index (κ2) is 3.74. The van der Waals surface area contributed by atoms with E-state index < -0.39 is 6.36 Å². The highest BCUT2D eigenvalue weighted by molar-refractivity contribution is 5.51. The van der Waals surface area contributed by atoms with Gasteiger partial charge < -0.3 is 4.74 Å². The quantitative estimate of drug-likeness (QED) is 0.712. The first-order valence-corrected chi connectivity index (χ1v) is 3.90. The number of halogens is 3. The molecule has 0 amide bonds. The van der Waals surface area contributed by atoms with E-state index in [9.17, 15) is 13.2 Å². The molecule has 1 aromatic carbocycles. The summed E-state index contributed by atoms with van der Waals surface area (Å²) >= 11 is 0. The molecule has 0 aromatic heterocycles. The van der Waals surface area contributed by atoms with E-state index in [0.717, 1.165) is 0 Å². The van der Waals surface area contributed by atoms with E-state index in [4.69, 9.17) is 0 Å². The number of hydrogen-bond acceptors (Lipinski definition) is 1. The van der Waals surface area contributed by atoms with Crippen molar-refractivity contribution in [3.63, 3.8) is 0 Å². The summed E-state index contributed by atoms with van der Waals surface area (Å²) in [6.07, 6.45) is -3.18. The maximum absolute atomic E-state index is 11.9. The van der Waals surface area contributed by atoms with Crippen LogP contribution in [-0.2, 0) is 0 Å². The summed E-state index contributed by atoms with van der Waals surface area (Å²) in [6.45, 7) is 5.16. The van der Waals surface area contributed by atoms with Crippen molar-refractivity contribution in [2.45, 2.75) is 13.3 Å². The Morgan fingerprint density at radius 3 is 2.43 bits per heavy atom. The fraction of sp³-hybridized carbons (Fsp3) is 0.200. The molecule has 14 heavy (non-hydrogen) atoms. The summed E-state index contributed by atoms with van der Waals surface area (Å²) in [7, 11) is 0. The third-order valence-electron chi connectivity index (χ3n) is 1.54. The fourth-order valence-corrected chi connectivity index (χ4v) is 1.09. The van der Waals surface area contributed by atoms with Gasteiger partial charge in [0.25, 0.3) is 0 Å². The Hall–Kier alpha value is -1.45. The lowest BCUT2D eigenvalue weighted by atomic mass is 10.1. The van der Waals surface area contributed by atoms with Crippen LogP contribution in [0.15, 0.2) is 24.8 Å². The molecule has 0 saturated heterocycles. The van der Waals surface area contributed by atoms with Crippen LogP contribution in [-0.4, -0.2) is 6.36 Å². The van der Waals surface area contributed by atoms with Gasteiger partial charge in [0.1, 0.15) is 5.75 Å². The lowest BCUT2D eigenvalue weighted by Gasteiger charge is -2.10. The SMILES string of the molecule is C=Cc1cc(C)cc(OC(F)(F)F)c1. The minimum absolute atomic E-state index is 0.215. The average molecular weight is 202 g/mol. The maximum Gasteiger partial charge on any atom is 0.573 e. The average Bonchev–Trinajstić information content (AvgIpc) is 1.99. The minimum Gasteiger partial charge on any atom is -0.406 e. The molecule has 0 N–H and O–H groups in total. The summed E-state index contributed by atoms with van der Waals surface area (Å²) in [6, 6.07) is 4.32. The highest BCUT2D eigenvalue weighted by atomic mass is 19.4. The van der Waals surface area contributed by atoms with Gasteiger partial charge in [-0.25, -0.2) is 0 Å². The first-order chi connectivity index (χ1) is 6.40. The molecule has 0 aliphatic carbocycles. The molecule has 1 rings (SSSR count). The lowest BCUT2D eigenvalue weighted by Crippen LogP contribution is -2.17. The second-order valence-corrected chi connectivity index (χ2v) is 2.83. The Morgan fingerprint density at radius 2 is 1.93 bits per heavy atom. The molecule has 0 aliphatic rings. The molecule has 0 radical (unpaired) electrons. The predicted octanol–water partition coefficient (Wildman–Crippen LogP) is 3.54. The van der Waals surface area contributed by atoms with Crippen molar-refractivity contribution in [3.8, 4) is 5.75 Å². The van der Waals surface area contributed by atoms with Crippen LogP contribution in [0.4, 0.5) is 13.2 Å². The standard InChI is InChI=1S/C10H9F3O/c1-3-8-4-7(2)5-9(6-8)14-10(11,12)13/h3-6H,1H2,2H3. The van der Waals surface area contributed by atoms with Gasteiger partial charge in [0.15, 0.2) is 0 Å².